The Balaban J connectivity index is 2.95. The lowest BCUT2D eigenvalue weighted by Crippen LogP contribution is -1.80. The van der Waals surface area contributed by atoms with Crippen LogP contribution in [0.25, 0.3) is 5.52 Å². The van der Waals surface area contributed by atoms with Crippen molar-refractivity contribution in [2.24, 2.45) is 0 Å². The zero-order chi connectivity index (χ0) is 6.10. The van der Waals surface area contributed by atoms with E-state index in [0.717, 1.165) is 5.52 Å². The Morgan fingerprint density at radius 3 is 3.44 bits per heavy atom. The first-order chi connectivity index (χ1) is 4.47. The highest BCUT2D eigenvalue weighted by Gasteiger charge is 1.85. The van der Waals surface area contributed by atoms with Crippen LogP contribution >= 0.6 is 0 Å². The van der Waals surface area contributed by atoms with Gasteiger partial charge in [-0.1, -0.05) is 0 Å². The highest BCUT2D eigenvalue weighted by atomic mass is 14.9. The smallest absolute Gasteiger partial charge is 0.0991 e. The van der Waals surface area contributed by atoms with Crippen molar-refractivity contribution in [1.29, 1.82) is 0 Å². The predicted octanol–water partition coefficient (Wildman–Crippen LogP) is 1.13. The second-order valence-electron chi connectivity index (χ2n) is 1.84. The lowest BCUT2D eigenvalue weighted by Gasteiger charge is -1.87. The first-order valence-corrected chi connectivity index (χ1v) is 2.75. The van der Waals surface area contributed by atoms with Crippen LogP contribution in [0.4, 0.5) is 0 Å². The van der Waals surface area contributed by atoms with E-state index >= 15 is 0 Å². The zero-order valence-electron chi connectivity index (χ0n) is 4.78. The Bertz CT molecular complexity index is 281. The van der Waals surface area contributed by atoms with Gasteiger partial charge >= 0.3 is 0 Å². The lowest BCUT2D eigenvalue weighted by molar-refractivity contribution is 1.09. The molecule has 0 spiro atoms. The normalized spacial score (nSPS) is 10.2. The first-order valence-electron chi connectivity index (χ1n) is 2.75. The van der Waals surface area contributed by atoms with Gasteiger partial charge in [-0.15, -0.1) is 0 Å². The second kappa shape index (κ2) is 1.58. The number of hydrogen-bond donors (Lipinski definition) is 0. The molecule has 43 valence electrons. The zero-order valence-corrected chi connectivity index (χ0v) is 4.78. The first kappa shape index (κ1) is 4.56. The maximum absolute atomic E-state index is 3.89. The van der Waals surface area contributed by atoms with Crippen LogP contribution in [0, 0.1) is 6.07 Å². The van der Waals surface area contributed by atoms with Crippen LogP contribution in [-0.2, 0) is 0 Å². The van der Waals surface area contributed by atoms with Crippen molar-refractivity contribution >= 4 is 5.52 Å². The van der Waals surface area contributed by atoms with Crippen LogP contribution in [-0.4, -0.2) is 9.38 Å². The highest BCUT2D eigenvalue weighted by molar-refractivity contribution is 5.44. The Kier molecular flexibility index (Phi) is 0.803. The van der Waals surface area contributed by atoms with Crippen molar-refractivity contribution < 1.29 is 0 Å². The van der Waals surface area contributed by atoms with Crippen LogP contribution in [0.2, 0.25) is 0 Å². The Labute approximate surface area is 52.8 Å². The Morgan fingerprint density at radius 2 is 2.56 bits per heavy atom. The van der Waals surface area contributed by atoms with Gasteiger partial charge in [0.05, 0.1) is 11.8 Å². The van der Waals surface area contributed by atoms with Gasteiger partial charge in [0.2, 0.25) is 0 Å². The van der Waals surface area contributed by atoms with Crippen molar-refractivity contribution in [1.82, 2.24) is 9.38 Å². The summed E-state index contributed by atoms with van der Waals surface area (Å²) in [6, 6.07) is 6.94. The molecule has 0 amide bonds. The topological polar surface area (TPSA) is 17.3 Å². The van der Waals surface area contributed by atoms with Crippen molar-refractivity contribution in [2.75, 3.05) is 0 Å². The molecule has 0 bridgehead atoms. The largest absolute Gasteiger partial charge is 0.307 e. The van der Waals surface area contributed by atoms with E-state index in [-0.39, 0.29) is 0 Å². The maximum atomic E-state index is 3.89. The fourth-order valence-electron chi connectivity index (χ4n) is 0.825. The standard InChI is InChI=1S/C7H5N2/c1-2-7-3-4-8-6-9(7)5-1/h1-2,4-6H. The van der Waals surface area contributed by atoms with Gasteiger partial charge in [-0.2, -0.15) is 0 Å². The molecule has 2 aromatic rings. The molecule has 1 radical (unpaired) electrons. The molecule has 0 saturated heterocycles. The van der Waals surface area contributed by atoms with Gasteiger partial charge in [-0.05, 0) is 12.1 Å². The summed E-state index contributed by atoms with van der Waals surface area (Å²) in [4.78, 5) is 3.89. The fourth-order valence-corrected chi connectivity index (χ4v) is 0.825. The molecule has 9 heavy (non-hydrogen) atoms. The molecule has 0 N–H and O–H groups in total. The third kappa shape index (κ3) is 0.598. The van der Waals surface area contributed by atoms with Gasteiger partial charge in [0, 0.05) is 18.5 Å². The summed E-state index contributed by atoms with van der Waals surface area (Å²) in [6.45, 7) is 0. The number of rotatable bonds is 0. The molecule has 0 fully saturated rings. The van der Waals surface area contributed by atoms with E-state index < -0.39 is 0 Å². The summed E-state index contributed by atoms with van der Waals surface area (Å²) in [7, 11) is 0. The Hall–Kier alpha value is -1.31. The summed E-state index contributed by atoms with van der Waals surface area (Å²) in [6.07, 6.45) is 5.36. The van der Waals surface area contributed by atoms with Crippen molar-refractivity contribution in [3.63, 3.8) is 0 Å². The SMILES string of the molecule is [c]1cncn2cccc12. The molecular formula is C7H5N2. The summed E-state index contributed by atoms with van der Waals surface area (Å²) >= 11 is 0. The molecule has 2 aromatic heterocycles. The predicted molar refractivity (Wildman–Crippen MR) is 34.0 cm³/mol. The van der Waals surface area contributed by atoms with Crippen LogP contribution in [0.15, 0.2) is 30.9 Å². The van der Waals surface area contributed by atoms with Gasteiger partial charge in [0.25, 0.3) is 0 Å². The van der Waals surface area contributed by atoms with Crippen LogP contribution in [0.3, 0.4) is 0 Å². The number of hydrogen-bond acceptors (Lipinski definition) is 1. The minimum absolute atomic E-state index is 1.06. The van der Waals surface area contributed by atoms with E-state index in [0.29, 0.717) is 0 Å². The molecule has 0 saturated carbocycles. The molecular weight excluding hydrogens is 112 g/mol. The average molecular weight is 117 g/mol. The van der Waals surface area contributed by atoms with Crippen LogP contribution in [0.5, 0.6) is 0 Å². The van der Waals surface area contributed by atoms with Crippen molar-refractivity contribution in [3.05, 3.63) is 36.9 Å². The quantitative estimate of drug-likeness (QED) is 0.505. The van der Waals surface area contributed by atoms with E-state index in [1.54, 1.807) is 12.5 Å². The molecule has 2 heteroatoms. The van der Waals surface area contributed by atoms with Crippen molar-refractivity contribution in [2.45, 2.75) is 0 Å². The van der Waals surface area contributed by atoms with Crippen LogP contribution in [0.1, 0.15) is 0 Å². The third-order valence-electron chi connectivity index (χ3n) is 1.26. The fraction of sp³-hybridized carbons (Fsp3) is 0. The van der Waals surface area contributed by atoms with Gasteiger partial charge in [-0.3, -0.25) is 0 Å². The summed E-state index contributed by atoms with van der Waals surface area (Å²) < 4.78 is 1.92. The average Bonchev–Trinajstić information content (AvgIpc) is 2.33. The van der Waals surface area contributed by atoms with Gasteiger partial charge in [0.15, 0.2) is 0 Å². The minimum atomic E-state index is 1.06. The molecule has 0 unspecified atom stereocenters. The second-order valence-corrected chi connectivity index (χ2v) is 1.84. The monoisotopic (exact) mass is 117 g/mol. The summed E-state index contributed by atoms with van der Waals surface area (Å²) in [5.74, 6) is 0. The minimum Gasteiger partial charge on any atom is -0.307 e. The molecule has 0 aliphatic heterocycles. The molecule has 2 heterocycles. The number of nitrogens with zero attached hydrogens (tertiary/aromatic N) is 2. The molecule has 0 aliphatic carbocycles. The molecule has 2 rings (SSSR count). The van der Waals surface area contributed by atoms with E-state index in [4.69, 9.17) is 0 Å². The van der Waals surface area contributed by atoms with Crippen LogP contribution < -0.4 is 0 Å². The molecule has 0 atom stereocenters. The van der Waals surface area contributed by atoms with E-state index in [1.807, 2.05) is 22.7 Å². The van der Waals surface area contributed by atoms with Gasteiger partial charge < -0.3 is 4.40 Å². The summed E-state index contributed by atoms with van der Waals surface area (Å²) in [5, 5.41) is 0. The molecule has 0 aliphatic rings. The number of fused-ring (bicyclic) bond motifs is 1. The number of aromatic nitrogens is 2. The lowest BCUT2D eigenvalue weighted by atomic mass is 10.5. The van der Waals surface area contributed by atoms with Gasteiger partial charge in [0.1, 0.15) is 0 Å². The highest BCUT2D eigenvalue weighted by Crippen LogP contribution is 1.98. The van der Waals surface area contributed by atoms with E-state index in [2.05, 4.69) is 11.1 Å². The van der Waals surface area contributed by atoms with E-state index in [9.17, 15) is 0 Å². The molecule has 2 nitrogen and oxygen atoms in total. The van der Waals surface area contributed by atoms with Gasteiger partial charge in [-0.25, -0.2) is 4.98 Å². The maximum Gasteiger partial charge on any atom is 0.0991 e. The summed E-state index contributed by atoms with van der Waals surface area (Å²) in [5.41, 5.74) is 1.06. The molecule has 0 aromatic carbocycles. The Morgan fingerprint density at radius 1 is 1.56 bits per heavy atom. The van der Waals surface area contributed by atoms with E-state index in [1.165, 1.54) is 0 Å². The van der Waals surface area contributed by atoms with Crippen molar-refractivity contribution in [3.8, 4) is 0 Å². The third-order valence-corrected chi connectivity index (χ3v) is 1.26.